The SMILES string of the molecule is CCOC(=O)CCCN1CCC(C(O)(c2ccc(F)cc2)c2ccc(F)cc2)CC1. The number of esters is 1. The van der Waals surface area contributed by atoms with E-state index in [0.717, 1.165) is 38.9 Å². The van der Waals surface area contributed by atoms with Crippen molar-refractivity contribution in [2.45, 2.75) is 38.2 Å². The van der Waals surface area contributed by atoms with Crippen molar-refractivity contribution in [2.24, 2.45) is 5.92 Å². The molecule has 1 N–H and O–H groups in total. The van der Waals surface area contributed by atoms with Crippen LogP contribution in [-0.2, 0) is 15.1 Å². The van der Waals surface area contributed by atoms with Gasteiger partial charge in [0.2, 0.25) is 0 Å². The zero-order valence-electron chi connectivity index (χ0n) is 17.3. The lowest BCUT2D eigenvalue weighted by Crippen LogP contribution is -2.44. The summed E-state index contributed by atoms with van der Waals surface area (Å²) in [6.45, 7) is 4.58. The largest absolute Gasteiger partial charge is 0.466 e. The van der Waals surface area contributed by atoms with Crippen molar-refractivity contribution in [3.05, 3.63) is 71.3 Å². The molecule has 1 aliphatic rings. The van der Waals surface area contributed by atoms with Crippen LogP contribution in [0.3, 0.4) is 0 Å². The molecule has 2 aromatic carbocycles. The standard InChI is InChI=1S/C24H29F2NO3/c1-2-30-23(28)4-3-15-27-16-13-20(14-17-27)24(29,18-5-9-21(25)10-6-18)19-7-11-22(26)12-8-19/h5-12,20,29H,2-4,13-17H2,1H3. The van der Waals surface area contributed by atoms with E-state index in [2.05, 4.69) is 4.90 Å². The number of hydrogen-bond donors (Lipinski definition) is 1. The molecule has 4 nitrogen and oxygen atoms in total. The Labute approximate surface area is 176 Å². The Morgan fingerprint density at radius 2 is 1.53 bits per heavy atom. The molecular weight excluding hydrogens is 388 g/mol. The summed E-state index contributed by atoms with van der Waals surface area (Å²) in [5.74, 6) is -0.989. The number of ether oxygens (including phenoxy) is 1. The highest BCUT2D eigenvalue weighted by Gasteiger charge is 2.41. The molecule has 162 valence electrons. The van der Waals surface area contributed by atoms with Gasteiger partial charge in [-0.2, -0.15) is 0 Å². The van der Waals surface area contributed by atoms with Crippen LogP contribution in [-0.4, -0.2) is 42.2 Å². The van der Waals surface area contributed by atoms with Crippen LogP contribution in [0.4, 0.5) is 8.78 Å². The minimum absolute atomic E-state index is 0.0882. The quantitative estimate of drug-likeness (QED) is 0.652. The molecule has 1 fully saturated rings. The molecular formula is C24H29F2NO3. The third kappa shape index (κ3) is 5.24. The lowest BCUT2D eigenvalue weighted by atomic mass is 9.72. The van der Waals surface area contributed by atoms with E-state index in [4.69, 9.17) is 4.74 Å². The minimum Gasteiger partial charge on any atom is -0.466 e. The molecule has 1 saturated heterocycles. The van der Waals surface area contributed by atoms with Crippen LogP contribution in [0.25, 0.3) is 0 Å². The average Bonchev–Trinajstić information content (AvgIpc) is 2.75. The fourth-order valence-electron chi connectivity index (χ4n) is 4.30. The van der Waals surface area contributed by atoms with Gasteiger partial charge in [0.25, 0.3) is 0 Å². The second-order valence-electron chi connectivity index (χ2n) is 7.80. The molecule has 0 amide bonds. The fraction of sp³-hybridized carbons (Fsp3) is 0.458. The number of carbonyl (C=O) groups excluding carboxylic acids is 1. The van der Waals surface area contributed by atoms with Crippen molar-refractivity contribution in [2.75, 3.05) is 26.2 Å². The molecule has 1 heterocycles. The van der Waals surface area contributed by atoms with E-state index in [1.54, 1.807) is 31.2 Å². The highest BCUT2D eigenvalue weighted by molar-refractivity contribution is 5.69. The summed E-state index contributed by atoms with van der Waals surface area (Å²) in [7, 11) is 0. The van der Waals surface area contributed by atoms with E-state index in [1.165, 1.54) is 24.3 Å². The Balaban J connectivity index is 1.70. The van der Waals surface area contributed by atoms with E-state index in [9.17, 15) is 18.7 Å². The normalized spacial score (nSPS) is 15.9. The monoisotopic (exact) mass is 417 g/mol. The van der Waals surface area contributed by atoms with Crippen molar-refractivity contribution >= 4 is 5.97 Å². The first-order valence-corrected chi connectivity index (χ1v) is 10.6. The summed E-state index contributed by atoms with van der Waals surface area (Å²) in [5, 5.41) is 11.8. The van der Waals surface area contributed by atoms with Crippen molar-refractivity contribution in [3.8, 4) is 0 Å². The first kappa shape index (κ1) is 22.4. The maximum atomic E-state index is 13.5. The second-order valence-corrected chi connectivity index (χ2v) is 7.80. The van der Waals surface area contributed by atoms with Gasteiger partial charge in [-0.3, -0.25) is 4.79 Å². The van der Waals surface area contributed by atoms with Crippen LogP contribution in [0, 0.1) is 17.6 Å². The maximum Gasteiger partial charge on any atom is 0.305 e. The van der Waals surface area contributed by atoms with E-state index in [-0.39, 0.29) is 23.5 Å². The van der Waals surface area contributed by atoms with Gasteiger partial charge in [0.15, 0.2) is 0 Å². The fourth-order valence-corrected chi connectivity index (χ4v) is 4.30. The van der Waals surface area contributed by atoms with E-state index in [1.807, 2.05) is 0 Å². The van der Waals surface area contributed by atoms with Gasteiger partial charge >= 0.3 is 5.97 Å². The summed E-state index contributed by atoms with van der Waals surface area (Å²) in [6, 6.07) is 11.8. The highest BCUT2D eigenvalue weighted by atomic mass is 19.1. The first-order valence-electron chi connectivity index (χ1n) is 10.6. The van der Waals surface area contributed by atoms with Crippen LogP contribution >= 0.6 is 0 Å². The smallest absolute Gasteiger partial charge is 0.305 e. The lowest BCUT2D eigenvalue weighted by molar-refractivity contribution is -0.143. The molecule has 0 radical (unpaired) electrons. The Morgan fingerprint density at radius 1 is 1.03 bits per heavy atom. The average molecular weight is 417 g/mol. The second kappa shape index (κ2) is 10.1. The number of likely N-dealkylation sites (tertiary alicyclic amines) is 1. The zero-order valence-corrected chi connectivity index (χ0v) is 17.3. The minimum atomic E-state index is -1.32. The van der Waals surface area contributed by atoms with E-state index in [0.29, 0.717) is 24.2 Å². The molecule has 0 bridgehead atoms. The van der Waals surface area contributed by atoms with Crippen LogP contribution in [0.2, 0.25) is 0 Å². The molecule has 6 heteroatoms. The van der Waals surface area contributed by atoms with Gasteiger partial charge < -0.3 is 14.7 Å². The Hall–Kier alpha value is -2.31. The summed E-state index contributed by atoms with van der Waals surface area (Å²) in [6.07, 6.45) is 2.63. The van der Waals surface area contributed by atoms with E-state index < -0.39 is 5.60 Å². The Bertz CT molecular complexity index is 770. The summed E-state index contributed by atoms with van der Waals surface area (Å²) in [4.78, 5) is 13.8. The third-order valence-corrected chi connectivity index (χ3v) is 5.91. The molecule has 30 heavy (non-hydrogen) atoms. The van der Waals surface area contributed by atoms with Gasteiger partial charge in [-0.25, -0.2) is 8.78 Å². The van der Waals surface area contributed by atoms with Gasteiger partial charge in [0.1, 0.15) is 17.2 Å². The molecule has 0 unspecified atom stereocenters. The molecule has 1 aliphatic heterocycles. The molecule has 0 aliphatic carbocycles. The van der Waals surface area contributed by atoms with Gasteiger partial charge in [-0.15, -0.1) is 0 Å². The predicted octanol–water partition coefficient (Wildman–Crippen LogP) is 4.26. The molecule has 2 aromatic rings. The number of carbonyl (C=O) groups is 1. The van der Waals surface area contributed by atoms with Crippen molar-refractivity contribution in [3.63, 3.8) is 0 Å². The lowest BCUT2D eigenvalue weighted by Gasteiger charge is -2.42. The number of aliphatic hydroxyl groups is 1. The van der Waals surface area contributed by atoms with Crippen molar-refractivity contribution in [1.82, 2.24) is 4.90 Å². The number of hydrogen-bond acceptors (Lipinski definition) is 4. The number of piperidine rings is 1. The Morgan fingerprint density at radius 3 is 2.00 bits per heavy atom. The molecule has 0 aromatic heterocycles. The Kier molecular flexibility index (Phi) is 7.56. The summed E-state index contributed by atoms with van der Waals surface area (Å²) in [5.41, 5.74) is -0.106. The number of halogens is 2. The van der Waals surface area contributed by atoms with Gasteiger partial charge in [0, 0.05) is 6.42 Å². The summed E-state index contributed by atoms with van der Waals surface area (Å²) >= 11 is 0. The van der Waals surface area contributed by atoms with E-state index >= 15 is 0 Å². The number of rotatable bonds is 8. The zero-order chi connectivity index (χ0) is 21.6. The molecule has 0 spiro atoms. The topological polar surface area (TPSA) is 49.8 Å². The number of nitrogens with zero attached hydrogens (tertiary/aromatic N) is 1. The van der Waals surface area contributed by atoms with Gasteiger partial charge in [-0.05, 0) is 87.1 Å². The van der Waals surface area contributed by atoms with Crippen LogP contribution in [0.15, 0.2) is 48.5 Å². The number of benzene rings is 2. The third-order valence-electron chi connectivity index (χ3n) is 5.91. The van der Waals surface area contributed by atoms with Crippen molar-refractivity contribution < 1.29 is 23.4 Å². The van der Waals surface area contributed by atoms with Crippen LogP contribution < -0.4 is 0 Å². The summed E-state index contributed by atoms with van der Waals surface area (Å²) < 4.78 is 31.9. The molecule has 3 rings (SSSR count). The van der Waals surface area contributed by atoms with Crippen LogP contribution in [0.5, 0.6) is 0 Å². The highest BCUT2D eigenvalue weighted by Crippen LogP contribution is 2.42. The molecule has 0 saturated carbocycles. The van der Waals surface area contributed by atoms with Gasteiger partial charge in [0.05, 0.1) is 6.61 Å². The maximum absolute atomic E-state index is 13.5. The predicted molar refractivity (Wildman–Crippen MR) is 111 cm³/mol. The first-order chi connectivity index (χ1) is 14.4. The molecule has 0 atom stereocenters. The van der Waals surface area contributed by atoms with Gasteiger partial charge in [-0.1, -0.05) is 24.3 Å². The van der Waals surface area contributed by atoms with Crippen molar-refractivity contribution in [1.29, 1.82) is 0 Å². The van der Waals surface area contributed by atoms with Crippen LogP contribution in [0.1, 0.15) is 43.7 Å².